The summed E-state index contributed by atoms with van der Waals surface area (Å²) in [6.45, 7) is -0.260. The van der Waals surface area contributed by atoms with Crippen molar-refractivity contribution in [2.75, 3.05) is 6.61 Å². The number of carbonyl (C=O) groups excluding carboxylic acids is 1. The average molecular weight is 228 g/mol. The van der Waals surface area contributed by atoms with Crippen LogP contribution in [0.25, 0.3) is 0 Å². The lowest BCUT2D eigenvalue weighted by atomic mass is 10.1. The number of terminal acetylenes is 1. The Kier molecular flexibility index (Phi) is 3.56. The minimum Gasteiger partial charge on any atom is -0.480 e. The van der Waals surface area contributed by atoms with Gasteiger partial charge in [-0.15, -0.1) is 6.42 Å². The van der Waals surface area contributed by atoms with Gasteiger partial charge in [-0.05, 0) is 18.2 Å². The highest BCUT2D eigenvalue weighted by atomic mass is 19.4. The summed E-state index contributed by atoms with van der Waals surface area (Å²) < 4.78 is 42.4. The fourth-order valence-corrected chi connectivity index (χ4v) is 1.09. The van der Waals surface area contributed by atoms with Gasteiger partial charge in [-0.25, -0.2) is 0 Å². The molecule has 0 heterocycles. The molecule has 2 nitrogen and oxygen atoms in total. The third kappa shape index (κ3) is 2.76. The minimum atomic E-state index is -4.58. The van der Waals surface area contributed by atoms with Crippen LogP contribution in [0.2, 0.25) is 0 Å². The zero-order valence-corrected chi connectivity index (χ0v) is 8.04. The van der Waals surface area contributed by atoms with E-state index in [1.807, 2.05) is 0 Å². The number of benzene rings is 1. The fraction of sp³-hybridized carbons (Fsp3) is 0.182. The summed E-state index contributed by atoms with van der Waals surface area (Å²) in [4.78, 5) is 10.4. The van der Waals surface area contributed by atoms with Crippen LogP contribution in [-0.4, -0.2) is 12.9 Å². The molecule has 5 heteroatoms. The molecule has 0 bridgehead atoms. The summed E-state index contributed by atoms with van der Waals surface area (Å²) in [5, 5.41) is 0. The summed E-state index contributed by atoms with van der Waals surface area (Å²) in [6, 6.07) is 3.02. The first-order valence-electron chi connectivity index (χ1n) is 4.21. The number of alkyl halides is 3. The number of hydrogen-bond acceptors (Lipinski definition) is 2. The summed E-state index contributed by atoms with van der Waals surface area (Å²) in [7, 11) is 0. The summed E-state index contributed by atoms with van der Waals surface area (Å²) in [5.74, 6) is 1.69. The monoisotopic (exact) mass is 228 g/mol. The number of aldehydes is 1. The Morgan fingerprint density at radius 3 is 2.62 bits per heavy atom. The van der Waals surface area contributed by atoms with Gasteiger partial charge in [-0.3, -0.25) is 4.79 Å². The Morgan fingerprint density at radius 1 is 1.44 bits per heavy atom. The molecule has 0 unspecified atom stereocenters. The predicted octanol–water partition coefficient (Wildman–Crippen LogP) is 2.53. The molecule has 84 valence electrons. The second-order valence-corrected chi connectivity index (χ2v) is 2.86. The smallest absolute Gasteiger partial charge is 0.419 e. The van der Waals surface area contributed by atoms with Gasteiger partial charge < -0.3 is 4.74 Å². The van der Waals surface area contributed by atoms with Crippen LogP contribution in [-0.2, 0) is 6.18 Å². The molecule has 0 saturated heterocycles. The molecule has 0 fully saturated rings. The van der Waals surface area contributed by atoms with Gasteiger partial charge in [-0.2, -0.15) is 13.2 Å². The van der Waals surface area contributed by atoms with E-state index in [1.165, 1.54) is 6.07 Å². The molecule has 0 spiro atoms. The Labute approximate surface area is 90.0 Å². The maximum absolute atomic E-state index is 12.5. The van der Waals surface area contributed by atoms with E-state index in [2.05, 4.69) is 5.92 Å². The SMILES string of the molecule is C#CCOc1ccc(C=O)cc1C(F)(F)F. The van der Waals surface area contributed by atoms with Gasteiger partial charge >= 0.3 is 6.18 Å². The molecule has 0 saturated carbocycles. The second kappa shape index (κ2) is 4.71. The van der Waals surface area contributed by atoms with Crippen LogP contribution < -0.4 is 4.74 Å². The molecule has 0 radical (unpaired) electrons. The average Bonchev–Trinajstić information content (AvgIpc) is 2.25. The highest BCUT2D eigenvalue weighted by molar-refractivity contribution is 5.75. The normalized spacial score (nSPS) is 10.6. The first kappa shape index (κ1) is 12.1. The molecule has 1 aromatic carbocycles. The number of carbonyl (C=O) groups is 1. The highest BCUT2D eigenvalue weighted by Gasteiger charge is 2.34. The van der Waals surface area contributed by atoms with Crippen LogP contribution in [0.4, 0.5) is 13.2 Å². The molecule has 0 amide bonds. The van der Waals surface area contributed by atoms with Gasteiger partial charge in [0.25, 0.3) is 0 Å². The third-order valence-electron chi connectivity index (χ3n) is 1.76. The van der Waals surface area contributed by atoms with Crippen LogP contribution in [0.15, 0.2) is 18.2 Å². The van der Waals surface area contributed by atoms with Crippen LogP contribution in [0.1, 0.15) is 15.9 Å². The minimum absolute atomic E-state index is 0.0691. The van der Waals surface area contributed by atoms with Crippen molar-refractivity contribution in [1.82, 2.24) is 0 Å². The molecule has 1 rings (SSSR count). The lowest BCUT2D eigenvalue weighted by Gasteiger charge is -2.12. The van der Waals surface area contributed by atoms with Crippen molar-refractivity contribution in [1.29, 1.82) is 0 Å². The molecule has 0 aromatic heterocycles. The first-order chi connectivity index (χ1) is 7.49. The van der Waals surface area contributed by atoms with Gasteiger partial charge in [0.05, 0.1) is 5.56 Å². The van der Waals surface area contributed by atoms with E-state index in [1.54, 1.807) is 0 Å². The number of hydrogen-bond donors (Lipinski definition) is 0. The number of halogens is 3. The summed E-state index contributed by atoms with van der Waals surface area (Å²) in [6.07, 6.45) is 0.632. The molecular formula is C11H7F3O2. The maximum Gasteiger partial charge on any atom is 0.419 e. The molecule has 0 N–H and O–H groups in total. The van der Waals surface area contributed by atoms with E-state index in [9.17, 15) is 18.0 Å². The van der Waals surface area contributed by atoms with E-state index < -0.39 is 11.7 Å². The first-order valence-corrected chi connectivity index (χ1v) is 4.21. The van der Waals surface area contributed by atoms with Crippen LogP contribution in [0.3, 0.4) is 0 Å². The van der Waals surface area contributed by atoms with Gasteiger partial charge in [0.2, 0.25) is 0 Å². The van der Waals surface area contributed by atoms with Crippen molar-refractivity contribution >= 4 is 6.29 Å². The van der Waals surface area contributed by atoms with Crippen molar-refractivity contribution in [3.8, 4) is 18.1 Å². The fourth-order valence-electron chi connectivity index (χ4n) is 1.09. The Morgan fingerprint density at radius 2 is 2.12 bits per heavy atom. The van der Waals surface area contributed by atoms with Gasteiger partial charge in [-0.1, -0.05) is 5.92 Å². The maximum atomic E-state index is 12.5. The lowest BCUT2D eigenvalue weighted by Crippen LogP contribution is -2.09. The quantitative estimate of drug-likeness (QED) is 0.587. The van der Waals surface area contributed by atoms with Gasteiger partial charge in [0.15, 0.2) is 0 Å². The molecular weight excluding hydrogens is 221 g/mol. The van der Waals surface area contributed by atoms with Crippen molar-refractivity contribution < 1.29 is 22.7 Å². The molecule has 16 heavy (non-hydrogen) atoms. The van der Waals surface area contributed by atoms with Gasteiger partial charge in [0, 0.05) is 5.56 Å². The highest BCUT2D eigenvalue weighted by Crippen LogP contribution is 2.36. The van der Waals surface area contributed by atoms with E-state index in [4.69, 9.17) is 11.2 Å². The van der Waals surface area contributed by atoms with Crippen molar-refractivity contribution in [2.45, 2.75) is 6.18 Å². The van der Waals surface area contributed by atoms with E-state index in [0.29, 0.717) is 6.29 Å². The Bertz CT molecular complexity index is 430. The molecule has 0 aliphatic rings. The van der Waals surface area contributed by atoms with E-state index >= 15 is 0 Å². The van der Waals surface area contributed by atoms with Crippen LogP contribution in [0.5, 0.6) is 5.75 Å². The standard InChI is InChI=1S/C11H7F3O2/c1-2-5-16-10-4-3-8(7-15)6-9(10)11(12,13)14/h1,3-4,6-7H,5H2. The van der Waals surface area contributed by atoms with Crippen LogP contribution >= 0.6 is 0 Å². The van der Waals surface area contributed by atoms with Crippen LogP contribution in [0, 0.1) is 12.3 Å². The summed E-state index contributed by atoms with van der Waals surface area (Å²) in [5.41, 5.74) is -1.08. The molecule has 0 atom stereocenters. The lowest BCUT2D eigenvalue weighted by molar-refractivity contribution is -0.138. The second-order valence-electron chi connectivity index (χ2n) is 2.86. The van der Waals surface area contributed by atoms with E-state index in [0.717, 1.165) is 12.1 Å². The number of ether oxygens (including phenoxy) is 1. The van der Waals surface area contributed by atoms with Gasteiger partial charge in [0.1, 0.15) is 18.6 Å². The van der Waals surface area contributed by atoms with Crippen molar-refractivity contribution in [2.24, 2.45) is 0 Å². The molecule has 0 aliphatic heterocycles. The largest absolute Gasteiger partial charge is 0.480 e. The molecule has 1 aromatic rings. The third-order valence-corrected chi connectivity index (χ3v) is 1.76. The predicted molar refractivity (Wildman–Crippen MR) is 51.2 cm³/mol. The Hall–Kier alpha value is -1.96. The zero-order chi connectivity index (χ0) is 12.2. The molecule has 0 aliphatic carbocycles. The topological polar surface area (TPSA) is 26.3 Å². The van der Waals surface area contributed by atoms with E-state index in [-0.39, 0.29) is 17.9 Å². The zero-order valence-electron chi connectivity index (χ0n) is 8.04. The Balaban J connectivity index is 3.17. The van der Waals surface area contributed by atoms with Crippen molar-refractivity contribution in [3.05, 3.63) is 29.3 Å². The number of rotatable bonds is 3. The van der Waals surface area contributed by atoms with Crippen molar-refractivity contribution in [3.63, 3.8) is 0 Å². The summed E-state index contributed by atoms with van der Waals surface area (Å²) >= 11 is 0.